The van der Waals surface area contributed by atoms with Crippen molar-refractivity contribution in [1.82, 2.24) is 0 Å². The lowest BCUT2D eigenvalue weighted by Crippen LogP contribution is -2.41. The van der Waals surface area contributed by atoms with Gasteiger partial charge in [-0.15, -0.1) is 0 Å². The van der Waals surface area contributed by atoms with E-state index < -0.39 is 47.1 Å². The van der Waals surface area contributed by atoms with E-state index in [9.17, 15) is 18.4 Å². The predicted octanol–water partition coefficient (Wildman–Crippen LogP) is 3.07. The Kier molecular flexibility index (Phi) is 4.15. The fraction of sp³-hybridized carbons (Fsp3) is 0.444. The highest BCUT2D eigenvalue weighted by atomic mass is 19.1. The second-order valence-electron chi connectivity index (χ2n) is 6.30. The van der Waals surface area contributed by atoms with Gasteiger partial charge < -0.3 is 4.74 Å². The van der Waals surface area contributed by atoms with Gasteiger partial charge in [0.1, 0.15) is 17.3 Å². The first-order chi connectivity index (χ1) is 11.4. The van der Waals surface area contributed by atoms with E-state index in [-0.39, 0.29) is 12.5 Å². The maximum Gasteiger partial charge on any atom is 0.312 e. The van der Waals surface area contributed by atoms with Crippen LogP contribution in [0.1, 0.15) is 20.8 Å². The molecule has 1 amide bonds. The van der Waals surface area contributed by atoms with E-state index >= 15 is 0 Å². The molecule has 3 rings (SSSR count). The van der Waals surface area contributed by atoms with Crippen LogP contribution in [-0.2, 0) is 14.3 Å². The number of rotatable bonds is 3. The number of ether oxygens (including phenoxy) is 1. The van der Waals surface area contributed by atoms with Gasteiger partial charge in [-0.05, 0) is 31.9 Å². The van der Waals surface area contributed by atoms with Gasteiger partial charge in [-0.1, -0.05) is 24.6 Å². The highest BCUT2D eigenvalue weighted by Gasteiger charge is 2.57. The molecule has 0 N–H and O–H groups in total. The summed E-state index contributed by atoms with van der Waals surface area (Å²) in [7, 11) is 0. The van der Waals surface area contributed by atoms with Gasteiger partial charge in [0.05, 0.1) is 24.5 Å². The van der Waals surface area contributed by atoms with Crippen LogP contribution >= 0.6 is 0 Å². The number of carbonyl (C=O) groups excluding carboxylic acids is 2. The maximum absolute atomic E-state index is 14.3. The number of benzene rings is 1. The summed E-state index contributed by atoms with van der Waals surface area (Å²) in [5, 5.41) is 0. The smallest absolute Gasteiger partial charge is 0.312 e. The molecular formula is C18H19F2NO3. The number of amides is 1. The van der Waals surface area contributed by atoms with E-state index in [4.69, 9.17) is 4.74 Å². The van der Waals surface area contributed by atoms with Crippen molar-refractivity contribution in [3.8, 4) is 0 Å². The number of esters is 1. The number of allylic oxidation sites excluding steroid dienone is 1. The van der Waals surface area contributed by atoms with Crippen molar-refractivity contribution in [1.29, 1.82) is 0 Å². The minimum Gasteiger partial charge on any atom is -0.466 e. The van der Waals surface area contributed by atoms with Gasteiger partial charge in [-0.25, -0.2) is 8.78 Å². The van der Waals surface area contributed by atoms with Gasteiger partial charge in [0.15, 0.2) is 0 Å². The molecule has 128 valence electrons. The van der Waals surface area contributed by atoms with Crippen molar-refractivity contribution in [2.45, 2.75) is 26.8 Å². The zero-order valence-electron chi connectivity index (χ0n) is 13.8. The van der Waals surface area contributed by atoms with Crippen LogP contribution in [0, 0.1) is 29.4 Å². The molecule has 0 saturated carbocycles. The lowest BCUT2D eigenvalue weighted by atomic mass is 9.74. The Labute approximate surface area is 139 Å². The van der Waals surface area contributed by atoms with Gasteiger partial charge in [-0.3, -0.25) is 14.5 Å². The predicted molar refractivity (Wildman–Crippen MR) is 84.2 cm³/mol. The zero-order valence-corrected chi connectivity index (χ0v) is 13.8. The summed E-state index contributed by atoms with van der Waals surface area (Å²) in [6.07, 6.45) is 1.89. The third kappa shape index (κ3) is 2.32. The summed E-state index contributed by atoms with van der Waals surface area (Å²) in [5.41, 5.74) is 0.344. The molecule has 1 saturated heterocycles. The zero-order chi connectivity index (χ0) is 17.6. The van der Waals surface area contributed by atoms with Crippen LogP contribution in [0.25, 0.3) is 0 Å². The van der Waals surface area contributed by atoms with Crippen LogP contribution in [0.2, 0.25) is 0 Å². The molecule has 1 aromatic carbocycles. The average molecular weight is 335 g/mol. The van der Waals surface area contributed by atoms with Crippen LogP contribution in [0.3, 0.4) is 0 Å². The number of hydrogen-bond donors (Lipinski definition) is 0. The normalized spacial score (nSPS) is 28.8. The standard InChI is InChI=1S/C18H19F2NO3/c1-4-24-18(23)14-13-9(2)8-10(3)15(14)21(17(13)22)16-11(19)6-5-7-12(16)20/h5-9,13-15H,4H2,1-3H3. The molecule has 4 nitrogen and oxygen atoms in total. The molecule has 0 aromatic heterocycles. The molecule has 1 aliphatic heterocycles. The molecule has 1 fully saturated rings. The van der Waals surface area contributed by atoms with E-state index in [0.717, 1.165) is 22.6 Å². The molecular weight excluding hydrogens is 316 g/mol. The molecule has 0 spiro atoms. The van der Waals surface area contributed by atoms with Gasteiger partial charge in [0, 0.05) is 0 Å². The third-order valence-electron chi connectivity index (χ3n) is 4.82. The van der Waals surface area contributed by atoms with Crippen molar-refractivity contribution in [2.24, 2.45) is 17.8 Å². The molecule has 1 aromatic rings. The van der Waals surface area contributed by atoms with E-state index in [1.807, 2.05) is 13.0 Å². The molecule has 1 heterocycles. The summed E-state index contributed by atoms with van der Waals surface area (Å²) in [6.45, 7) is 5.47. The average Bonchev–Trinajstić information content (AvgIpc) is 2.76. The molecule has 4 atom stereocenters. The summed E-state index contributed by atoms with van der Waals surface area (Å²) in [5.74, 6) is -4.21. The number of anilines is 1. The van der Waals surface area contributed by atoms with E-state index in [1.54, 1.807) is 13.8 Å². The Morgan fingerprint density at radius 3 is 2.50 bits per heavy atom. The summed E-state index contributed by atoms with van der Waals surface area (Å²) < 4.78 is 33.6. The number of para-hydroxylation sites is 1. The lowest BCUT2D eigenvalue weighted by molar-refractivity contribution is -0.151. The van der Waals surface area contributed by atoms with Crippen molar-refractivity contribution in [3.63, 3.8) is 0 Å². The quantitative estimate of drug-likeness (QED) is 0.630. The van der Waals surface area contributed by atoms with E-state index in [0.29, 0.717) is 0 Å². The number of nitrogens with zero attached hydrogens (tertiary/aromatic N) is 1. The van der Waals surface area contributed by atoms with Crippen molar-refractivity contribution < 1.29 is 23.1 Å². The van der Waals surface area contributed by atoms with Crippen LogP contribution in [0.15, 0.2) is 29.8 Å². The van der Waals surface area contributed by atoms with Crippen LogP contribution in [0.5, 0.6) is 0 Å². The maximum atomic E-state index is 14.3. The Morgan fingerprint density at radius 2 is 1.92 bits per heavy atom. The Morgan fingerprint density at radius 1 is 1.29 bits per heavy atom. The van der Waals surface area contributed by atoms with Gasteiger partial charge >= 0.3 is 5.97 Å². The van der Waals surface area contributed by atoms with Crippen molar-refractivity contribution in [3.05, 3.63) is 41.5 Å². The lowest BCUT2D eigenvalue weighted by Gasteiger charge is -2.32. The van der Waals surface area contributed by atoms with E-state index in [1.165, 1.54) is 6.07 Å². The number of carbonyl (C=O) groups is 2. The number of hydrogen-bond acceptors (Lipinski definition) is 3. The minimum atomic E-state index is -0.820. The molecule has 4 unspecified atom stereocenters. The van der Waals surface area contributed by atoms with Gasteiger partial charge in [0.2, 0.25) is 5.91 Å². The Balaban J connectivity index is 2.14. The van der Waals surface area contributed by atoms with Crippen molar-refractivity contribution in [2.75, 3.05) is 11.5 Å². The molecule has 2 aliphatic rings. The second-order valence-corrected chi connectivity index (χ2v) is 6.30. The van der Waals surface area contributed by atoms with Crippen molar-refractivity contribution >= 4 is 17.6 Å². The molecule has 0 radical (unpaired) electrons. The second kappa shape index (κ2) is 6.00. The number of fused-ring (bicyclic) bond motifs is 2. The largest absolute Gasteiger partial charge is 0.466 e. The number of halogens is 2. The Bertz CT molecular complexity index is 711. The first-order valence-corrected chi connectivity index (χ1v) is 8.00. The third-order valence-corrected chi connectivity index (χ3v) is 4.82. The Hall–Kier alpha value is -2.24. The summed E-state index contributed by atoms with van der Waals surface area (Å²) in [6, 6.07) is 2.74. The first kappa shape index (κ1) is 16.6. The summed E-state index contributed by atoms with van der Waals surface area (Å²) >= 11 is 0. The van der Waals surface area contributed by atoms with Gasteiger partial charge in [-0.2, -0.15) is 0 Å². The monoisotopic (exact) mass is 335 g/mol. The highest BCUT2D eigenvalue weighted by Crippen LogP contribution is 2.47. The topological polar surface area (TPSA) is 46.6 Å². The fourth-order valence-electron chi connectivity index (χ4n) is 3.95. The van der Waals surface area contributed by atoms with E-state index in [2.05, 4.69) is 0 Å². The molecule has 1 aliphatic carbocycles. The molecule has 6 heteroatoms. The SMILES string of the molecule is CCOC(=O)C1C2C(=O)N(c3c(F)cccc3F)C1C(C)=CC2C. The molecule has 2 bridgehead atoms. The highest BCUT2D eigenvalue weighted by molar-refractivity contribution is 6.04. The first-order valence-electron chi connectivity index (χ1n) is 8.00. The van der Waals surface area contributed by atoms with Crippen LogP contribution in [0.4, 0.5) is 14.5 Å². The van der Waals surface area contributed by atoms with Crippen LogP contribution < -0.4 is 4.90 Å². The fourth-order valence-corrected chi connectivity index (χ4v) is 3.95. The summed E-state index contributed by atoms with van der Waals surface area (Å²) in [4.78, 5) is 26.4. The van der Waals surface area contributed by atoms with Gasteiger partial charge in [0.25, 0.3) is 0 Å². The molecule has 24 heavy (non-hydrogen) atoms. The van der Waals surface area contributed by atoms with Crippen LogP contribution in [-0.4, -0.2) is 24.5 Å². The minimum absolute atomic E-state index is 0.189.